The van der Waals surface area contributed by atoms with Gasteiger partial charge >= 0.3 is 0 Å². The zero-order chi connectivity index (χ0) is 12.5. The first kappa shape index (κ1) is 12.0. The Morgan fingerprint density at radius 1 is 1.06 bits per heavy atom. The minimum absolute atomic E-state index is 0.172. The maximum absolute atomic E-state index is 10.5. The molecular formula is C15H26O2. The molecule has 3 aliphatic rings. The molecule has 0 aromatic carbocycles. The van der Waals surface area contributed by atoms with E-state index in [0.717, 1.165) is 24.9 Å². The Morgan fingerprint density at radius 3 is 2.24 bits per heavy atom. The number of fused-ring (bicyclic) bond motifs is 1. The highest BCUT2D eigenvalue weighted by Crippen LogP contribution is 2.63. The average Bonchev–Trinajstić information content (AvgIpc) is 2.88. The number of ether oxygens (including phenoxy) is 1. The highest BCUT2D eigenvalue weighted by Gasteiger charge is 2.62. The molecular weight excluding hydrogens is 212 g/mol. The Hall–Kier alpha value is -0.0800. The third kappa shape index (κ3) is 1.53. The van der Waals surface area contributed by atoms with Gasteiger partial charge < -0.3 is 9.84 Å². The maximum Gasteiger partial charge on any atom is 0.0919 e. The van der Waals surface area contributed by atoms with Crippen LogP contribution in [0.1, 0.15) is 53.4 Å². The molecule has 6 atom stereocenters. The third-order valence-corrected chi connectivity index (χ3v) is 6.59. The van der Waals surface area contributed by atoms with Crippen molar-refractivity contribution in [3.05, 3.63) is 0 Å². The van der Waals surface area contributed by atoms with Gasteiger partial charge in [-0.3, -0.25) is 0 Å². The number of hydrogen-bond acceptors (Lipinski definition) is 2. The minimum atomic E-state index is -0.467. The first-order valence-electron chi connectivity index (χ1n) is 7.16. The molecule has 0 aromatic rings. The molecule has 17 heavy (non-hydrogen) atoms. The van der Waals surface area contributed by atoms with E-state index in [4.69, 9.17) is 4.74 Å². The molecule has 98 valence electrons. The summed E-state index contributed by atoms with van der Waals surface area (Å²) in [5, 5.41) is 10.5. The number of epoxide rings is 1. The fourth-order valence-electron chi connectivity index (χ4n) is 4.81. The van der Waals surface area contributed by atoms with Crippen molar-refractivity contribution < 1.29 is 9.84 Å². The summed E-state index contributed by atoms with van der Waals surface area (Å²) < 4.78 is 5.70. The molecule has 2 heteroatoms. The molecule has 0 spiro atoms. The topological polar surface area (TPSA) is 32.8 Å². The Labute approximate surface area is 105 Å². The Kier molecular flexibility index (Phi) is 2.30. The summed E-state index contributed by atoms with van der Waals surface area (Å²) in [6.45, 7) is 9.92. The van der Waals surface area contributed by atoms with Gasteiger partial charge in [0.05, 0.1) is 17.8 Å². The van der Waals surface area contributed by atoms with Crippen LogP contribution in [-0.2, 0) is 4.74 Å². The van der Waals surface area contributed by atoms with Crippen molar-refractivity contribution in [2.45, 2.75) is 64.6 Å². The molecule has 1 heterocycles. The fourth-order valence-corrected chi connectivity index (χ4v) is 4.81. The van der Waals surface area contributed by atoms with Crippen molar-refractivity contribution in [2.75, 3.05) is 6.61 Å². The molecule has 0 amide bonds. The van der Waals surface area contributed by atoms with E-state index in [1.807, 2.05) is 6.92 Å². The molecule has 3 rings (SSSR count). The summed E-state index contributed by atoms with van der Waals surface area (Å²) >= 11 is 0. The van der Waals surface area contributed by atoms with Crippen molar-refractivity contribution in [1.82, 2.24) is 0 Å². The lowest BCUT2D eigenvalue weighted by atomic mass is 9.56. The molecule has 2 nitrogen and oxygen atoms in total. The smallest absolute Gasteiger partial charge is 0.0919 e. The lowest BCUT2D eigenvalue weighted by molar-refractivity contribution is -0.113. The van der Waals surface area contributed by atoms with Crippen LogP contribution in [-0.4, -0.2) is 22.9 Å². The van der Waals surface area contributed by atoms with Gasteiger partial charge in [-0.15, -0.1) is 0 Å². The summed E-state index contributed by atoms with van der Waals surface area (Å²) in [6, 6.07) is 0. The lowest BCUT2D eigenvalue weighted by Crippen LogP contribution is -2.51. The highest BCUT2D eigenvalue weighted by atomic mass is 16.6. The summed E-state index contributed by atoms with van der Waals surface area (Å²) in [5.74, 6) is 1.89. The van der Waals surface area contributed by atoms with E-state index in [2.05, 4.69) is 20.8 Å². The van der Waals surface area contributed by atoms with E-state index in [-0.39, 0.29) is 5.60 Å². The van der Waals surface area contributed by atoms with Gasteiger partial charge in [0.25, 0.3) is 0 Å². The molecule has 0 radical (unpaired) electrons. The fraction of sp³-hybridized carbons (Fsp3) is 1.00. The second kappa shape index (κ2) is 3.27. The second-order valence-corrected chi connectivity index (χ2v) is 7.48. The molecule has 1 N–H and O–H groups in total. The van der Waals surface area contributed by atoms with Crippen molar-refractivity contribution in [1.29, 1.82) is 0 Å². The van der Waals surface area contributed by atoms with E-state index in [0.29, 0.717) is 11.3 Å². The molecule has 2 saturated carbocycles. The van der Waals surface area contributed by atoms with Crippen molar-refractivity contribution >= 4 is 0 Å². The van der Waals surface area contributed by atoms with Crippen LogP contribution in [0.3, 0.4) is 0 Å². The normalized spacial score (nSPS) is 62.3. The maximum atomic E-state index is 10.5. The van der Waals surface area contributed by atoms with Crippen molar-refractivity contribution in [3.63, 3.8) is 0 Å². The molecule has 0 unspecified atom stereocenters. The zero-order valence-corrected chi connectivity index (χ0v) is 11.6. The Morgan fingerprint density at radius 2 is 1.65 bits per heavy atom. The van der Waals surface area contributed by atoms with E-state index in [9.17, 15) is 5.11 Å². The summed E-state index contributed by atoms with van der Waals surface area (Å²) in [4.78, 5) is 0. The minimum Gasteiger partial charge on any atom is -0.390 e. The van der Waals surface area contributed by atoms with Crippen LogP contribution in [0.2, 0.25) is 0 Å². The van der Waals surface area contributed by atoms with Crippen LogP contribution in [0, 0.1) is 23.2 Å². The van der Waals surface area contributed by atoms with Crippen LogP contribution in [0.4, 0.5) is 0 Å². The molecule has 2 aliphatic carbocycles. The third-order valence-electron chi connectivity index (χ3n) is 6.59. The Bertz CT molecular complexity index is 332. The standard InChI is InChI=1S/C15H26O2/c1-10-13(2)7-5-12(15(4)9-17-15)11(13)6-8-14(10,3)16/h10-12,16H,5-9H2,1-4H3/t10-,11-,12-,13+,14+,15+/m0/s1. The quantitative estimate of drug-likeness (QED) is 0.712. The first-order chi connectivity index (χ1) is 7.80. The average molecular weight is 238 g/mol. The number of rotatable bonds is 1. The summed E-state index contributed by atoms with van der Waals surface area (Å²) in [6.07, 6.45) is 4.69. The summed E-state index contributed by atoms with van der Waals surface area (Å²) in [7, 11) is 0. The summed E-state index contributed by atoms with van der Waals surface area (Å²) in [5.41, 5.74) is 0.0260. The predicted octanol–water partition coefficient (Wildman–Crippen LogP) is 2.99. The molecule has 3 fully saturated rings. The lowest BCUT2D eigenvalue weighted by Gasteiger charge is -2.51. The van der Waals surface area contributed by atoms with Crippen LogP contribution >= 0.6 is 0 Å². The van der Waals surface area contributed by atoms with Crippen LogP contribution in [0.25, 0.3) is 0 Å². The van der Waals surface area contributed by atoms with Gasteiger partial charge in [-0.1, -0.05) is 13.8 Å². The molecule has 1 saturated heterocycles. The number of hydrogen-bond donors (Lipinski definition) is 1. The van der Waals surface area contributed by atoms with Gasteiger partial charge in [0.15, 0.2) is 0 Å². The van der Waals surface area contributed by atoms with Gasteiger partial charge in [0.2, 0.25) is 0 Å². The largest absolute Gasteiger partial charge is 0.390 e. The SMILES string of the molecule is C[C@H]1[C@@]2(C)CC[C@H]([C@@]3(C)CO3)[C@@H]2CC[C@@]1(C)O. The van der Waals surface area contributed by atoms with Gasteiger partial charge in [-0.25, -0.2) is 0 Å². The van der Waals surface area contributed by atoms with E-state index < -0.39 is 5.60 Å². The second-order valence-electron chi connectivity index (χ2n) is 7.48. The van der Waals surface area contributed by atoms with E-state index >= 15 is 0 Å². The van der Waals surface area contributed by atoms with Crippen molar-refractivity contribution in [2.24, 2.45) is 23.2 Å². The van der Waals surface area contributed by atoms with Crippen molar-refractivity contribution in [3.8, 4) is 0 Å². The predicted molar refractivity (Wildman–Crippen MR) is 67.7 cm³/mol. The van der Waals surface area contributed by atoms with Gasteiger partial charge in [0, 0.05) is 0 Å². The van der Waals surface area contributed by atoms with E-state index in [1.54, 1.807) is 0 Å². The first-order valence-corrected chi connectivity index (χ1v) is 7.16. The van der Waals surface area contributed by atoms with Gasteiger partial charge in [0.1, 0.15) is 0 Å². The number of aliphatic hydroxyl groups is 1. The monoisotopic (exact) mass is 238 g/mol. The zero-order valence-electron chi connectivity index (χ0n) is 11.6. The van der Waals surface area contributed by atoms with Crippen LogP contribution < -0.4 is 0 Å². The Balaban J connectivity index is 1.88. The molecule has 0 aromatic heterocycles. The molecule has 1 aliphatic heterocycles. The van der Waals surface area contributed by atoms with Gasteiger partial charge in [-0.05, 0) is 62.7 Å². The van der Waals surface area contributed by atoms with Crippen LogP contribution in [0.15, 0.2) is 0 Å². The van der Waals surface area contributed by atoms with Crippen LogP contribution in [0.5, 0.6) is 0 Å². The van der Waals surface area contributed by atoms with Gasteiger partial charge in [-0.2, -0.15) is 0 Å². The highest BCUT2D eigenvalue weighted by molar-refractivity contribution is 5.11. The van der Waals surface area contributed by atoms with E-state index in [1.165, 1.54) is 19.3 Å². The molecule has 0 bridgehead atoms.